The van der Waals surface area contributed by atoms with Gasteiger partial charge in [0.2, 0.25) is 0 Å². The fraction of sp³-hybridized carbons (Fsp3) is 0.316. The van der Waals surface area contributed by atoms with E-state index in [1.54, 1.807) is 0 Å². The minimum atomic E-state index is 0.128. The van der Waals surface area contributed by atoms with Crippen LogP contribution in [0.1, 0.15) is 35.2 Å². The first-order valence-electron chi connectivity index (χ1n) is 7.96. The average Bonchev–Trinajstić information content (AvgIpc) is 2.83. The number of nitriles is 1. The lowest BCUT2D eigenvalue weighted by atomic mass is 9.99. The molecule has 2 aromatic carbocycles. The number of anilines is 1. The first kappa shape index (κ1) is 15.9. The molecular weight excluding hydrogens is 306 g/mol. The Bertz CT molecular complexity index is 732. The molecule has 23 heavy (non-hydrogen) atoms. The monoisotopic (exact) mass is 325 g/mol. The van der Waals surface area contributed by atoms with Gasteiger partial charge in [-0.25, -0.2) is 0 Å². The minimum Gasteiger partial charge on any atom is -0.377 e. The Labute approximate surface area is 142 Å². The summed E-state index contributed by atoms with van der Waals surface area (Å²) in [5, 5.41) is 16.7. The quantitative estimate of drug-likeness (QED) is 0.894. The zero-order valence-electron chi connectivity index (χ0n) is 13.2. The van der Waals surface area contributed by atoms with Gasteiger partial charge in [0.1, 0.15) is 0 Å². The van der Waals surface area contributed by atoms with Gasteiger partial charge in [0.25, 0.3) is 0 Å². The third kappa shape index (κ3) is 3.50. The number of rotatable bonds is 3. The second-order valence-corrected chi connectivity index (χ2v) is 6.32. The van der Waals surface area contributed by atoms with E-state index >= 15 is 0 Å². The predicted molar refractivity (Wildman–Crippen MR) is 94.9 cm³/mol. The molecule has 2 aromatic rings. The molecule has 1 atom stereocenters. The maximum atomic E-state index is 8.91. The van der Waals surface area contributed by atoms with Crippen LogP contribution >= 0.6 is 11.6 Å². The molecule has 3 nitrogen and oxygen atoms in total. The minimum absolute atomic E-state index is 0.128. The standard InChI is InChI=1S/C19H20ClN3/c1-13(15-4-2-14(12-21)3-5-15)23-19-17-9-11-22-10-8-16(17)6-7-18(19)20/h2-7,13,22-23H,8-11H2,1H3. The number of hydrogen-bond donors (Lipinski definition) is 2. The van der Waals surface area contributed by atoms with E-state index in [2.05, 4.69) is 29.7 Å². The van der Waals surface area contributed by atoms with Crippen LogP contribution in [-0.4, -0.2) is 13.1 Å². The number of halogens is 1. The molecule has 2 N–H and O–H groups in total. The molecule has 0 amide bonds. The van der Waals surface area contributed by atoms with Crippen LogP contribution in [0.3, 0.4) is 0 Å². The zero-order valence-corrected chi connectivity index (χ0v) is 14.0. The maximum Gasteiger partial charge on any atom is 0.0991 e. The molecule has 118 valence electrons. The number of nitrogens with zero attached hydrogens (tertiary/aromatic N) is 1. The van der Waals surface area contributed by atoms with Crippen LogP contribution in [0.25, 0.3) is 0 Å². The summed E-state index contributed by atoms with van der Waals surface area (Å²) in [6.07, 6.45) is 2.02. The van der Waals surface area contributed by atoms with Crippen molar-refractivity contribution in [2.24, 2.45) is 0 Å². The predicted octanol–water partition coefficient (Wildman–Crippen LogP) is 4.07. The summed E-state index contributed by atoms with van der Waals surface area (Å²) in [6, 6.07) is 14.1. The Kier molecular flexibility index (Phi) is 4.85. The Morgan fingerprint density at radius 2 is 1.87 bits per heavy atom. The topological polar surface area (TPSA) is 47.8 Å². The summed E-state index contributed by atoms with van der Waals surface area (Å²) in [5.74, 6) is 0. The maximum absolute atomic E-state index is 8.91. The molecule has 0 aliphatic carbocycles. The Hall–Kier alpha value is -2.02. The highest BCUT2D eigenvalue weighted by Crippen LogP contribution is 2.33. The molecule has 0 fully saturated rings. The van der Waals surface area contributed by atoms with Crippen LogP contribution in [0.4, 0.5) is 5.69 Å². The Morgan fingerprint density at radius 3 is 2.61 bits per heavy atom. The molecule has 1 aliphatic heterocycles. The molecule has 0 aromatic heterocycles. The van der Waals surface area contributed by atoms with Gasteiger partial charge < -0.3 is 10.6 Å². The van der Waals surface area contributed by atoms with Crippen molar-refractivity contribution < 1.29 is 0 Å². The summed E-state index contributed by atoms with van der Waals surface area (Å²) in [5.41, 5.74) is 5.56. The number of nitrogens with one attached hydrogen (secondary N) is 2. The molecule has 1 heterocycles. The van der Waals surface area contributed by atoms with E-state index < -0.39 is 0 Å². The molecule has 3 rings (SSSR count). The van der Waals surface area contributed by atoms with Gasteiger partial charge in [-0.2, -0.15) is 5.26 Å². The molecule has 0 bridgehead atoms. The van der Waals surface area contributed by atoms with Crippen LogP contribution in [0.15, 0.2) is 36.4 Å². The molecule has 0 saturated heterocycles. The molecule has 1 unspecified atom stereocenters. The fourth-order valence-corrected chi connectivity index (χ4v) is 3.28. The largest absolute Gasteiger partial charge is 0.377 e. The highest BCUT2D eigenvalue weighted by atomic mass is 35.5. The van der Waals surface area contributed by atoms with Crippen molar-refractivity contribution in [1.82, 2.24) is 5.32 Å². The van der Waals surface area contributed by atoms with E-state index in [1.807, 2.05) is 30.3 Å². The van der Waals surface area contributed by atoms with Crippen molar-refractivity contribution in [2.75, 3.05) is 18.4 Å². The highest BCUT2D eigenvalue weighted by Gasteiger charge is 2.16. The first-order chi connectivity index (χ1) is 11.2. The van der Waals surface area contributed by atoms with Gasteiger partial charge in [0.15, 0.2) is 0 Å². The third-order valence-electron chi connectivity index (χ3n) is 4.38. The van der Waals surface area contributed by atoms with Crippen LogP contribution < -0.4 is 10.6 Å². The van der Waals surface area contributed by atoms with Gasteiger partial charge in [0, 0.05) is 6.04 Å². The van der Waals surface area contributed by atoms with Gasteiger partial charge in [0.05, 0.1) is 22.3 Å². The van der Waals surface area contributed by atoms with Crippen LogP contribution in [-0.2, 0) is 12.8 Å². The Balaban J connectivity index is 1.88. The molecule has 0 spiro atoms. The van der Waals surface area contributed by atoms with Crippen molar-refractivity contribution in [3.05, 3.63) is 63.7 Å². The smallest absolute Gasteiger partial charge is 0.0991 e. The van der Waals surface area contributed by atoms with E-state index in [9.17, 15) is 0 Å². The van der Waals surface area contributed by atoms with Gasteiger partial charge in [-0.3, -0.25) is 0 Å². The third-order valence-corrected chi connectivity index (χ3v) is 4.70. The van der Waals surface area contributed by atoms with Crippen molar-refractivity contribution in [3.8, 4) is 6.07 Å². The molecule has 0 radical (unpaired) electrons. The van der Waals surface area contributed by atoms with E-state index in [0.29, 0.717) is 5.56 Å². The summed E-state index contributed by atoms with van der Waals surface area (Å²) in [4.78, 5) is 0. The summed E-state index contributed by atoms with van der Waals surface area (Å²) in [6.45, 7) is 4.11. The zero-order chi connectivity index (χ0) is 16.2. The van der Waals surface area contributed by atoms with Crippen molar-refractivity contribution in [2.45, 2.75) is 25.8 Å². The van der Waals surface area contributed by atoms with E-state index in [0.717, 1.165) is 42.2 Å². The summed E-state index contributed by atoms with van der Waals surface area (Å²) < 4.78 is 0. The van der Waals surface area contributed by atoms with Gasteiger partial charge in [-0.1, -0.05) is 29.8 Å². The van der Waals surface area contributed by atoms with E-state index in [4.69, 9.17) is 16.9 Å². The summed E-state index contributed by atoms with van der Waals surface area (Å²) in [7, 11) is 0. The second-order valence-electron chi connectivity index (χ2n) is 5.91. The average molecular weight is 326 g/mol. The lowest BCUT2D eigenvalue weighted by molar-refractivity contribution is 0.711. The van der Waals surface area contributed by atoms with Gasteiger partial charge >= 0.3 is 0 Å². The summed E-state index contributed by atoms with van der Waals surface area (Å²) >= 11 is 6.47. The van der Waals surface area contributed by atoms with Crippen LogP contribution in [0.5, 0.6) is 0 Å². The molecule has 0 saturated carbocycles. The van der Waals surface area contributed by atoms with Gasteiger partial charge in [-0.05, 0) is 67.7 Å². The van der Waals surface area contributed by atoms with Crippen molar-refractivity contribution >= 4 is 17.3 Å². The molecular formula is C19H20ClN3. The first-order valence-corrected chi connectivity index (χ1v) is 8.34. The lowest BCUT2D eigenvalue weighted by Crippen LogP contribution is -2.16. The van der Waals surface area contributed by atoms with Crippen molar-refractivity contribution in [1.29, 1.82) is 5.26 Å². The molecule has 4 heteroatoms. The molecule has 1 aliphatic rings. The van der Waals surface area contributed by atoms with Crippen LogP contribution in [0.2, 0.25) is 5.02 Å². The Morgan fingerprint density at radius 1 is 1.13 bits per heavy atom. The van der Waals surface area contributed by atoms with Crippen molar-refractivity contribution in [3.63, 3.8) is 0 Å². The van der Waals surface area contributed by atoms with E-state index in [1.165, 1.54) is 11.1 Å². The normalized spacial score (nSPS) is 15.2. The SMILES string of the molecule is CC(Nc1c(Cl)ccc2c1CCNCC2)c1ccc(C#N)cc1. The fourth-order valence-electron chi connectivity index (χ4n) is 3.05. The number of benzene rings is 2. The van der Waals surface area contributed by atoms with Crippen LogP contribution in [0, 0.1) is 11.3 Å². The second kappa shape index (κ2) is 7.04. The number of hydrogen-bond acceptors (Lipinski definition) is 3. The van der Waals surface area contributed by atoms with E-state index in [-0.39, 0.29) is 6.04 Å². The number of fused-ring (bicyclic) bond motifs is 1. The van der Waals surface area contributed by atoms with Gasteiger partial charge in [-0.15, -0.1) is 0 Å². The lowest BCUT2D eigenvalue weighted by Gasteiger charge is -2.21. The highest BCUT2D eigenvalue weighted by molar-refractivity contribution is 6.33.